The second kappa shape index (κ2) is 5.65. The molecule has 0 aliphatic carbocycles. The summed E-state index contributed by atoms with van der Waals surface area (Å²) in [6.07, 6.45) is 3.14. The van der Waals surface area contributed by atoms with Crippen LogP contribution in [0.15, 0.2) is 46.6 Å². The van der Waals surface area contributed by atoms with Gasteiger partial charge in [-0.3, -0.25) is 0 Å². The van der Waals surface area contributed by atoms with Gasteiger partial charge in [-0.25, -0.2) is 9.97 Å². The molecule has 0 aliphatic rings. The molecule has 0 aliphatic heterocycles. The van der Waals surface area contributed by atoms with Crippen LogP contribution in [0.3, 0.4) is 0 Å². The predicted molar refractivity (Wildman–Crippen MR) is 71.4 cm³/mol. The molecule has 0 amide bonds. The molecule has 2 aromatic rings. The monoisotopic (exact) mass is 255 g/mol. The van der Waals surface area contributed by atoms with Gasteiger partial charge in [-0.15, -0.1) is 0 Å². The van der Waals surface area contributed by atoms with Crippen LogP contribution in [0.4, 0.5) is 0 Å². The molecule has 2 rings (SSSR count). The Morgan fingerprint density at radius 3 is 2.39 bits per heavy atom. The van der Waals surface area contributed by atoms with E-state index in [4.69, 9.17) is 5.26 Å². The summed E-state index contributed by atoms with van der Waals surface area (Å²) in [5, 5.41) is 9.60. The molecule has 18 heavy (non-hydrogen) atoms. The van der Waals surface area contributed by atoms with Gasteiger partial charge in [0, 0.05) is 17.3 Å². The molecule has 0 spiro atoms. The van der Waals surface area contributed by atoms with Gasteiger partial charge in [0.25, 0.3) is 0 Å². The van der Waals surface area contributed by atoms with Crippen molar-refractivity contribution in [2.45, 2.75) is 29.7 Å². The fourth-order valence-electron chi connectivity index (χ4n) is 1.51. The second-order valence-electron chi connectivity index (χ2n) is 4.15. The van der Waals surface area contributed by atoms with Gasteiger partial charge in [-0.1, -0.05) is 37.7 Å². The van der Waals surface area contributed by atoms with Crippen molar-refractivity contribution in [1.82, 2.24) is 9.97 Å². The van der Waals surface area contributed by atoms with Gasteiger partial charge in [-0.2, -0.15) is 5.26 Å². The zero-order valence-corrected chi connectivity index (χ0v) is 11.1. The molecule has 3 nitrogen and oxygen atoms in total. The Balaban J connectivity index is 2.22. The maximum atomic E-state index is 8.95. The van der Waals surface area contributed by atoms with Gasteiger partial charge in [0.1, 0.15) is 11.1 Å². The van der Waals surface area contributed by atoms with Crippen LogP contribution < -0.4 is 0 Å². The largest absolute Gasteiger partial charge is 0.245 e. The van der Waals surface area contributed by atoms with Crippen molar-refractivity contribution in [2.24, 2.45) is 0 Å². The van der Waals surface area contributed by atoms with Crippen LogP contribution in [0, 0.1) is 11.3 Å². The van der Waals surface area contributed by atoms with Crippen molar-refractivity contribution in [3.63, 3.8) is 0 Å². The van der Waals surface area contributed by atoms with Gasteiger partial charge < -0.3 is 0 Å². The van der Waals surface area contributed by atoms with Crippen LogP contribution >= 0.6 is 11.8 Å². The molecule has 1 heterocycles. The first kappa shape index (κ1) is 12.6. The molecule has 1 aromatic carbocycles. The van der Waals surface area contributed by atoms with E-state index in [-0.39, 0.29) is 0 Å². The average molecular weight is 255 g/mol. The molecule has 1 aromatic heterocycles. The quantitative estimate of drug-likeness (QED) is 0.840. The summed E-state index contributed by atoms with van der Waals surface area (Å²) in [4.78, 5) is 9.24. The highest BCUT2D eigenvalue weighted by molar-refractivity contribution is 7.99. The molecular formula is C14H13N3S. The van der Waals surface area contributed by atoms with E-state index in [1.807, 2.05) is 0 Å². The number of rotatable bonds is 3. The topological polar surface area (TPSA) is 49.6 Å². The SMILES string of the molecule is CC(C)c1ccc(Sc2nccnc2C#N)cc1. The average Bonchev–Trinajstić information content (AvgIpc) is 2.40. The van der Waals surface area contributed by atoms with Gasteiger partial charge in [0.2, 0.25) is 0 Å². The maximum absolute atomic E-state index is 8.95. The summed E-state index contributed by atoms with van der Waals surface area (Å²) in [6.45, 7) is 4.33. The second-order valence-corrected chi connectivity index (χ2v) is 5.21. The fourth-order valence-corrected chi connectivity index (χ4v) is 2.31. The Labute approximate surface area is 111 Å². The third-order valence-electron chi connectivity index (χ3n) is 2.53. The number of nitrogens with zero attached hydrogens (tertiary/aromatic N) is 3. The summed E-state index contributed by atoms with van der Waals surface area (Å²) >= 11 is 1.46. The maximum Gasteiger partial charge on any atom is 0.173 e. The van der Waals surface area contributed by atoms with Crippen LogP contribution in [0.2, 0.25) is 0 Å². The lowest BCUT2D eigenvalue weighted by Crippen LogP contribution is -1.90. The summed E-state index contributed by atoms with van der Waals surface area (Å²) < 4.78 is 0. The molecule has 90 valence electrons. The van der Waals surface area contributed by atoms with E-state index < -0.39 is 0 Å². The van der Waals surface area contributed by atoms with E-state index in [0.717, 1.165) is 4.90 Å². The Bertz CT molecular complexity index is 570. The Hall–Kier alpha value is -1.86. The highest BCUT2D eigenvalue weighted by atomic mass is 32.2. The Kier molecular flexibility index (Phi) is 3.96. The van der Waals surface area contributed by atoms with E-state index in [2.05, 4.69) is 54.2 Å². The van der Waals surface area contributed by atoms with Crippen LogP contribution in [-0.4, -0.2) is 9.97 Å². The first-order valence-corrected chi connectivity index (χ1v) is 6.51. The minimum atomic E-state index is 0.371. The molecular weight excluding hydrogens is 242 g/mol. The van der Waals surface area contributed by atoms with Crippen molar-refractivity contribution in [2.75, 3.05) is 0 Å². The van der Waals surface area contributed by atoms with E-state index in [0.29, 0.717) is 16.6 Å². The smallest absolute Gasteiger partial charge is 0.173 e. The summed E-state index contributed by atoms with van der Waals surface area (Å²) in [6, 6.07) is 10.4. The Morgan fingerprint density at radius 1 is 1.11 bits per heavy atom. The minimum absolute atomic E-state index is 0.371. The zero-order valence-electron chi connectivity index (χ0n) is 10.3. The number of nitriles is 1. The lowest BCUT2D eigenvalue weighted by atomic mass is 10.0. The van der Waals surface area contributed by atoms with Crippen molar-refractivity contribution in [1.29, 1.82) is 5.26 Å². The number of benzene rings is 1. The molecule has 0 saturated carbocycles. The zero-order chi connectivity index (χ0) is 13.0. The summed E-state index contributed by atoms with van der Waals surface area (Å²) in [7, 11) is 0. The number of hydrogen-bond donors (Lipinski definition) is 0. The van der Waals surface area contributed by atoms with Crippen LogP contribution in [-0.2, 0) is 0 Å². The molecule has 0 fully saturated rings. The number of aromatic nitrogens is 2. The van der Waals surface area contributed by atoms with Gasteiger partial charge in [0.15, 0.2) is 5.69 Å². The van der Waals surface area contributed by atoms with Crippen molar-refractivity contribution in [3.05, 3.63) is 47.9 Å². The van der Waals surface area contributed by atoms with Crippen molar-refractivity contribution < 1.29 is 0 Å². The first-order valence-electron chi connectivity index (χ1n) is 5.69. The molecule has 0 radical (unpaired) electrons. The molecule has 0 bridgehead atoms. The van der Waals surface area contributed by atoms with E-state index in [1.54, 1.807) is 6.20 Å². The summed E-state index contributed by atoms with van der Waals surface area (Å²) in [5.41, 5.74) is 1.68. The van der Waals surface area contributed by atoms with Crippen molar-refractivity contribution >= 4 is 11.8 Å². The third-order valence-corrected chi connectivity index (χ3v) is 3.53. The lowest BCUT2D eigenvalue weighted by molar-refractivity contribution is 0.865. The normalized spacial score (nSPS) is 10.3. The summed E-state index contributed by atoms with van der Waals surface area (Å²) in [5.74, 6) is 0.523. The van der Waals surface area contributed by atoms with E-state index in [1.165, 1.54) is 23.5 Å². The van der Waals surface area contributed by atoms with Crippen LogP contribution in [0.1, 0.15) is 31.0 Å². The highest BCUT2D eigenvalue weighted by Gasteiger charge is 2.06. The first-order chi connectivity index (χ1) is 8.70. The van der Waals surface area contributed by atoms with Gasteiger partial charge in [-0.05, 0) is 23.6 Å². The lowest BCUT2D eigenvalue weighted by Gasteiger charge is -2.06. The van der Waals surface area contributed by atoms with Crippen LogP contribution in [0.5, 0.6) is 0 Å². The molecule has 4 heteroatoms. The predicted octanol–water partition coefficient (Wildman–Crippen LogP) is 3.62. The highest BCUT2D eigenvalue weighted by Crippen LogP contribution is 2.28. The molecule has 0 saturated heterocycles. The van der Waals surface area contributed by atoms with E-state index >= 15 is 0 Å². The fraction of sp³-hybridized carbons (Fsp3) is 0.214. The molecule has 0 unspecified atom stereocenters. The van der Waals surface area contributed by atoms with Crippen molar-refractivity contribution in [3.8, 4) is 6.07 Å². The Morgan fingerprint density at radius 2 is 1.78 bits per heavy atom. The van der Waals surface area contributed by atoms with Gasteiger partial charge >= 0.3 is 0 Å². The van der Waals surface area contributed by atoms with E-state index in [9.17, 15) is 0 Å². The minimum Gasteiger partial charge on any atom is -0.245 e. The molecule has 0 N–H and O–H groups in total. The van der Waals surface area contributed by atoms with Crippen LogP contribution in [0.25, 0.3) is 0 Å². The number of hydrogen-bond acceptors (Lipinski definition) is 4. The molecule has 0 atom stereocenters. The van der Waals surface area contributed by atoms with Gasteiger partial charge in [0.05, 0.1) is 0 Å². The standard InChI is InChI=1S/C14H13N3S/c1-10(2)11-3-5-12(6-4-11)18-14-13(9-15)16-7-8-17-14/h3-8,10H,1-2H3. The third kappa shape index (κ3) is 2.88.